The molecular formula is C10H15N3O. The zero-order valence-electron chi connectivity index (χ0n) is 8.79. The van der Waals surface area contributed by atoms with Gasteiger partial charge in [0.05, 0.1) is 17.9 Å². The van der Waals surface area contributed by atoms with Gasteiger partial charge in [0.1, 0.15) is 0 Å². The van der Waals surface area contributed by atoms with Gasteiger partial charge in [-0.1, -0.05) is 13.8 Å². The second kappa shape index (κ2) is 3.12. The first-order valence-electron chi connectivity index (χ1n) is 4.91. The van der Waals surface area contributed by atoms with Crippen molar-refractivity contribution < 1.29 is 4.79 Å². The molecule has 2 heterocycles. The highest BCUT2D eigenvalue weighted by Gasteiger charge is 2.26. The largest absolute Gasteiger partial charge is 0.333 e. The average Bonchev–Trinajstić information content (AvgIpc) is 2.58. The van der Waals surface area contributed by atoms with Gasteiger partial charge in [0, 0.05) is 19.0 Å². The predicted molar refractivity (Wildman–Crippen MR) is 52.6 cm³/mol. The Hall–Kier alpha value is -1.32. The lowest BCUT2D eigenvalue weighted by molar-refractivity contribution is -0.129. The Labute approximate surface area is 83.3 Å². The van der Waals surface area contributed by atoms with Gasteiger partial charge in [0.15, 0.2) is 0 Å². The summed E-state index contributed by atoms with van der Waals surface area (Å²) in [5.74, 6) is 0.547. The van der Waals surface area contributed by atoms with E-state index in [0.29, 0.717) is 19.0 Å². The van der Waals surface area contributed by atoms with Crippen molar-refractivity contribution in [2.24, 2.45) is 0 Å². The zero-order chi connectivity index (χ0) is 10.3. The monoisotopic (exact) mass is 193 g/mol. The first-order valence-corrected chi connectivity index (χ1v) is 4.91. The summed E-state index contributed by atoms with van der Waals surface area (Å²) in [6.07, 6.45) is 0. The number of amides is 1. The van der Waals surface area contributed by atoms with Gasteiger partial charge >= 0.3 is 0 Å². The number of nitrogens with zero attached hydrogens (tertiary/aromatic N) is 2. The zero-order valence-corrected chi connectivity index (χ0v) is 8.79. The van der Waals surface area contributed by atoms with E-state index in [9.17, 15) is 4.79 Å². The summed E-state index contributed by atoms with van der Waals surface area (Å²) in [7, 11) is 0. The van der Waals surface area contributed by atoms with Crippen LogP contribution in [-0.2, 0) is 17.9 Å². The van der Waals surface area contributed by atoms with Gasteiger partial charge < -0.3 is 4.90 Å². The Kier molecular flexibility index (Phi) is 2.06. The highest BCUT2D eigenvalue weighted by molar-refractivity contribution is 5.74. The molecule has 0 atom stereocenters. The Morgan fingerprint density at radius 3 is 2.79 bits per heavy atom. The third-order valence-corrected chi connectivity index (χ3v) is 2.67. The van der Waals surface area contributed by atoms with Crippen LogP contribution in [0.1, 0.15) is 43.6 Å². The molecule has 0 aliphatic carbocycles. The van der Waals surface area contributed by atoms with Crippen LogP contribution in [0.4, 0.5) is 0 Å². The van der Waals surface area contributed by atoms with E-state index in [4.69, 9.17) is 0 Å². The number of nitrogens with one attached hydrogen (secondary N) is 1. The van der Waals surface area contributed by atoms with Crippen LogP contribution >= 0.6 is 0 Å². The Morgan fingerprint density at radius 2 is 2.21 bits per heavy atom. The van der Waals surface area contributed by atoms with Crippen LogP contribution < -0.4 is 0 Å². The maximum Gasteiger partial charge on any atom is 0.220 e. The molecule has 0 radical (unpaired) electrons. The molecule has 0 bridgehead atoms. The van der Waals surface area contributed by atoms with Gasteiger partial charge in [-0.05, 0) is 5.92 Å². The standard InChI is InChI=1S/C10H15N3O/c1-6(2)10-8-4-13(7(3)14)5-9(8)11-12-10/h6H,4-5H2,1-3H3,(H,11,12). The number of hydrogen-bond donors (Lipinski definition) is 1. The van der Waals surface area contributed by atoms with Crippen LogP contribution in [0.2, 0.25) is 0 Å². The SMILES string of the molecule is CC(=O)N1Cc2[nH]nc(C(C)C)c2C1. The van der Waals surface area contributed by atoms with E-state index in [1.165, 1.54) is 5.56 Å². The fraction of sp³-hybridized carbons (Fsp3) is 0.600. The molecule has 1 aromatic rings. The van der Waals surface area contributed by atoms with Crippen molar-refractivity contribution in [2.45, 2.75) is 39.8 Å². The minimum absolute atomic E-state index is 0.129. The van der Waals surface area contributed by atoms with Gasteiger partial charge in [-0.15, -0.1) is 0 Å². The number of carbonyl (C=O) groups is 1. The van der Waals surface area contributed by atoms with Crippen LogP contribution in [-0.4, -0.2) is 21.0 Å². The number of hydrogen-bond acceptors (Lipinski definition) is 2. The first-order chi connectivity index (χ1) is 6.59. The molecule has 1 aliphatic rings. The molecule has 14 heavy (non-hydrogen) atoms. The van der Waals surface area contributed by atoms with Crippen LogP contribution in [0.15, 0.2) is 0 Å². The van der Waals surface area contributed by atoms with E-state index in [1.807, 2.05) is 4.90 Å². The normalized spacial score (nSPS) is 15.0. The molecule has 1 aliphatic heterocycles. The van der Waals surface area contributed by atoms with E-state index < -0.39 is 0 Å². The lowest BCUT2D eigenvalue weighted by atomic mass is 10.1. The smallest absolute Gasteiger partial charge is 0.220 e. The highest BCUT2D eigenvalue weighted by Crippen LogP contribution is 2.27. The van der Waals surface area contributed by atoms with Crippen molar-refractivity contribution in [2.75, 3.05) is 0 Å². The lowest BCUT2D eigenvalue weighted by Crippen LogP contribution is -2.22. The fourth-order valence-electron chi connectivity index (χ4n) is 1.86. The van der Waals surface area contributed by atoms with E-state index in [1.54, 1.807) is 6.92 Å². The van der Waals surface area contributed by atoms with Gasteiger partial charge in [-0.3, -0.25) is 9.89 Å². The molecule has 76 valence electrons. The summed E-state index contributed by atoms with van der Waals surface area (Å²) in [5, 5.41) is 7.28. The topological polar surface area (TPSA) is 49.0 Å². The molecule has 2 rings (SSSR count). The number of fused-ring (bicyclic) bond motifs is 1. The van der Waals surface area contributed by atoms with Crippen molar-refractivity contribution in [1.82, 2.24) is 15.1 Å². The molecule has 0 saturated heterocycles. The molecule has 1 aromatic heterocycles. The van der Waals surface area contributed by atoms with Crippen molar-refractivity contribution in [3.05, 3.63) is 17.0 Å². The van der Waals surface area contributed by atoms with Crippen molar-refractivity contribution in [1.29, 1.82) is 0 Å². The molecule has 0 spiro atoms. The number of aromatic amines is 1. The van der Waals surface area contributed by atoms with Crippen LogP contribution in [0.3, 0.4) is 0 Å². The minimum Gasteiger partial charge on any atom is -0.333 e. The average molecular weight is 193 g/mol. The molecule has 0 unspecified atom stereocenters. The fourth-order valence-corrected chi connectivity index (χ4v) is 1.86. The van der Waals surface area contributed by atoms with E-state index in [-0.39, 0.29) is 5.91 Å². The number of rotatable bonds is 1. The minimum atomic E-state index is 0.129. The molecule has 0 saturated carbocycles. The van der Waals surface area contributed by atoms with Crippen molar-refractivity contribution in [3.63, 3.8) is 0 Å². The quantitative estimate of drug-likeness (QED) is 0.732. The van der Waals surface area contributed by atoms with Gasteiger partial charge in [0.2, 0.25) is 5.91 Å². The van der Waals surface area contributed by atoms with Crippen LogP contribution in [0.5, 0.6) is 0 Å². The summed E-state index contributed by atoms with van der Waals surface area (Å²) in [5.41, 5.74) is 3.42. The maximum absolute atomic E-state index is 11.2. The van der Waals surface area contributed by atoms with E-state index in [0.717, 1.165) is 11.4 Å². The molecule has 4 heteroatoms. The molecular weight excluding hydrogens is 178 g/mol. The Balaban J connectivity index is 2.28. The maximum atomic E-state index is 11.2. The molecule has 4 nitrogen and oxygen atoms in total. The second-order valence-electron chi connectivity index (χ2n) is 4.10. The van der Waals surface area contributed by atoms with E-state index in [2.05, 4.69) is 24.0 Å². The lowest BCUT2D eigenvalue weighted by Gasteiger charge is -2.12. The van der Waals surface area contributed by atoms with Crippen LogP contribution in [0.25, 0.3) is 0 Å². The highest BCUT2D eigenvalue weighted by atomic mass is 16.2. The first kappa shape index (κ1) is 9.24. The summed E-state index contributed by atoms with van der Waals surface area (Å²) < 4.78 is 0. The summed E-state index contributed by atoms with van der Waals surface area (Å²) in [6, 6.07) is 0. The second-order valence-corrected chi connectivity index (χ2v) is 4.10. The Bertz CT molecular complexity index is 367. The van der Waals surface area contributed by atoms with Crippen LogP contribution in [0, 0.1) is 0 Å². The number of aromatic nitrogens is 2. The van der Waals surface area contributed by atoms with Crippen molar-refractivity contribution >= 4 is 5.91 Å². The van der Waals surface area contributed by atoms with Gasteiger partial charge in [0.25, 0.3) is 0 Å². The number of carbonyl (C=O) groups excluding carboxylic acids is 1. The summed E-state index contributed by atoms with van der Waals surface area (Å²) in [6.45, 7) is 7.24. The third-order valence-electron chi connectivity index (χ3n) is 2.67. The predicted octanol–water partition coefficient (Wildman–Crippen LogP) is 1.40. The van der Waals surface area contributed by atoms with Gasteiger partial charge in [-0.25, -0.2) is 0 Å². The van der Waals surface area contributed by atoms with Crippen molar-refractivity contribution in [3.8, 4) is 0 Å². The van der Waals surface area contributed by atoms with Gasteiger partial charge in [-0.2, -0.15) is 5.10 Å². The molecule has 1 N–H and O–H groups in total. The number of H-pyrrole nitrogens is 1. The third kappa shape index (κ3) is 1.31. The summed E-state index contributed by atoms with van der Waals surface area (Å²) >= 11 is 0. The molecule has 0 fully saturated rings. The molecule has 0 aromatic carbocycles. The summed E-state index contributed by atoms with van der Waals surface area (Å²) in [4.78, 5) is 13.0. The molecule has 1 amide bonds. The van der Waals surface area contributed by atoms with E-state index >= 15 is 0 Å². The Morgan fingerprint density at radius 1 is 1.50 bits per heavy atom.